The van der Waals surface area contributed by atoms with E-state index < -0.39 is 0 Å². The van der Waals surface area contributed by atoms with E-state index in [0.29, 0.717) is 0 Å². The van der Waals surface area contributed by atoms with Crippen molar-refractivity contribution >= 4 is 18.3 Å². The van der Waals surface area contributed by atoms with Crippen molar-refractivity contribution in [2.45, 2.75) is 20.3 Å². The van der Waals surface area contributed by atoms with Gasteiger partial charge in [0.05, 0.1) is 12.1 Å². The second kappa shape index (κ2) is 6.83. The van der Waals surface area contributed by atoms with Crippen LogP contribution in [0, 0.1) is 5.92 Å². The van der Waals surface area contributed by atoms with Crippen molar-refractivity contribution in [2.24, 2.45) is 15.5 Å². The quantitative estimate of drug-likeness (QED) is 0.503. The molecule has 0 spiro atoms. The van der Waals surface area contributed by atoms with Gasteiger partial charge >= 0.3 is 0 Å². The Hall–Kier alpha value is -0.280. The third-order valence-electron chi connectivity index (χ3n) is 0.951. The van der Waals surface area contributed by atoms with Crippen LogP contribution in [0.25, 0.3) is 0 Å². The number of allylic oxidation sites excluding steroid dienone is 2. The molecule has 0 aliphatic carbocycles. The van der Waals surface area contributed by atoms with Gasteiger partial charge in [0.1, 0.15) is 0 Å². The summed E-state index contributed by atoms with van der Waals surface area (Å²) in [6.45, 7) is 4.36. The summed E-state index contributed by atoms with van der Waals surface area (Å²) < 4.78 is 3.75. The van der Waals surface area contributed by atoms with Gasteiger partial charge in [-0.3, -0.25) is 5.14 Å². The summed E-state index contributed by atoms with van der Waals surface area (Å²) in [4.78, 5) is 0. The van der Waals surface area contributed by atoms with Gasteiger partial charge in [-0.1, -0.05) is 19.9 Å². The number of nitrogens with two attached hydrogens (primary N) is 1. The van der Waals surface area contributed by atoms with E-state index in [0.717, 1.165) is 24.5 Å². The highest BCUT2D eigenvalue weighted by molar-refractivity contribution is 7.95. The molecule has 0 rings (SSSR count). The monoisotopic (exact) mass is 158 g/mol. The third kappa shape index (κ3) is 7.72. The summed E-state index contributed by atoms with van der Waals surface area (Å²) in [5.41, 5.74) is 0. The molecule has 3 heteroatoms. The lowest BCUT2D eigenvalue weighted by molar-refractivity contribution is 0.664. The molecule has 10 heavy (non-hydrogen) atoms. The minimum atomic E-state index is 0.718. The Morgan fingerprint density at radius 3 is 2.80 bits per heavy atom. The molecule has 0 unspecified atom stereocenters. The Balaban J connectivity index is 3.28. The molecular formula is C7H14N2S. The molecule has 2 N–H and O–H groups in total. The maximum atomic E-state index is 5.06. The number of hydrogen-bond donors (Lipinski definition) is 1. The minimum absolute atomic E-state index is 0.718. The average molecular weight is 158 g/mol. The fraction of sp³-hybridized carbons (Fsp3) is 0.571. The summed E-state index contributed by atoms with van der Waals surface area (Å²) in [5, 5.41) is 5.06. The Labute approximate surface area is 66.9 Å². The van der Waals surface area contributed by atoms with Gasteiger partial charge in [0, 0.05) is 6.21 Å². The van der Waals surface area contributed by atoms with E-state index in [1.54, 1.807) is 6.21 Å². The van der Waals surface area contributed by atoms with Crippen molar-refractivity contribution in [1.29, 1.82) is 0 Å². The first kappa shape index (κ1) is 9.72. The van der Waals surface area contributed by atoms with Crippen LogP contribution in [0.1, 0.15) is 20.3 Å². The first-order chi connectivity index (χ1) is 4.77. The lowest BCUT2D eigenvalue weighted by Crippen LogP contribution is -1.81. The van der Waals surface area contributed by atoms with Crippen LogP contribution in [0.3, 0.4) is 0 Å². The van der Waals surface area contributed by atoms with Crippen LogP contribution < -0.4 is 5.14 Å². The van der Waals surface area contributed by atoms with E-state index in [2.05, 4.69) is 24.3 Å². The predicted octanol–water partition coefficient (Wildman–Crippen LogP) is 2.18. The summed E-state index contributed by atoms with van der Waals surface area (Å²) in [5.74, 6) is 0.718. The van der Waals surface area contributed by atoms with Crippen LogP contribution >= 0.6 is 12.1 Å². The van der Waals surface area contributed by atoms with Crippen molar-refractivity contribution in [3.63, 3.8) is 0 Å². The van der Waals surface area contributed by atoms with Crippen LogP contribution in [0.4, 0.5) is 0 Å². The van der Waals surface area contributed by atoms with Crippen LogP contribution in [0.15, 0.2) is 16.5 Å². The van der Waals surface area contributed by atoms with E-state index in [-0.39, 0.29) is 0 Å². The number of nitrogens with zero attached hydrogens (tertiary/aromatic N) is 1. The molecule has 0 heterocycles. The second-order valence-electron chi connectivity index (χ2n) is 2.42. The molecule has 0 aromatic rings. The molecule has 0 aliphatic rings. The molecule has 0 amide bonds. The lowest BCUT2D eigenvalue weighted by atomic mass is 10.1. The van der Waals surface area contributed by atoms with Crippen LogP contribution in [0.5, 0.6) is 0 Å². The minimum Gasteiger partial charge on any atom is -0.258 e. The van der Waals surface area contributed by atoms with Gasteiger partial charge < -0.3 is 0 Å². The fourth-order valence-corrected chi connectivity index (χ4v) is 0.622. The third-order valence-corrected chi connectivity index (χ3v) is 1.19. The van der Waals surface area contributed by atoms with E-state index in [1.165, 1.54) is 0 Å². The average Bonchev–Trinajstić information content (AvgIpc) is 1.87. The first-order valence-corrected chi connectivity index (χ1v) is 4.15. The van der Waals surface area contributed by atoms with E-state index in [1.807, 2.05) is 6.08 Å². The van der Waals surface area contributed by atoms with Crippen LogP contribution in [0.2, 0.25) is 0 Å². The first-order valence-electron chi connectivity index (χ1n) is 3.31. The normalized spacial score (nSPS) is 12.4. The fourth-order valence-electron chi connectivity index (χ4n) is 0.482. The molecule has 0 atom stereocenters. The molecule has 0 saturated carbocycles. The van der Waals surface area contributed by atoms with Gasteiger partial charge in [-0.05, 0) is 18.4 Å². The summed E-state index contributed by atoms with van der Waals surface area (Å²) in [6.07, 6.45) is 6.80. The zero-order chi connectivity index (χ0) is 7.82. The second-order valence-corrected chi connectivity index (χ2v) is 2.84. The Morgan fingerprint density at radius 1 is 1.60 bits per heavy atom. The molecule has 0 aliphatic heterocycles. The highest BCUT2D eigenvalue weighted by atomic mass is 32.2. The van der Waals surface area contributed by atoms with Gasteiger partial charge in [-0.2, -0.15) is 0 Å². The molecule has 0 bridgehead atoms. The largest absolute Gasteiger partial charge is 0.258 e. The van der Waals surface area contributed by atoms with Crippen LogP contribution in [-0.4, -0.2) is 6.21 Å². The van der Waals surface area contributed by atoms with Crippen LogP contribution in [-0.2, 0) is 0 Å². The van der Waals surface area contributed by atoms with Crippen molar-refractivity contribution < 1.29 is 0 Å². The van der Waals surface area contributed by atoms with E-state index in [9.17, 15) is 0 Å². The standard InChI is InChI=1S/C7H14N2S/c1-7(2)5-3-4-6-9-10-8/h3-4,6-7H,5,8H2,1-2H3/b4-3-,9-6-. The molecule has 58 valence electrons. The maximum absolute atomic E-state index is 5.06. The van der Waals surface area contributed by atoms with E-state index >= 15 is 0 Å². The smallest absolute Gasteiger partial charge is 0.0555 e. The van der Waals surface area contributed by atoms with Crippen molar-refractivity contribution in [2.75, 3.05) is 0 Å². The molecule has 0 saturated heterocycles. The summed E-state index contributed by atoms with van der Waals surface area (Å²) in [7, 11) is 0. The van der Waals surface area contributed by atoms with Gasteiger partial charge in [0.2, 0.25) is 0 Å². The Kier molecular flexibility index (Phi) is 6.64. The highest BCUT2D eigenvalue weighted by Crippen LogP contribution is 1.98. The lowest BCUT2D eigenvalue weighted by Gasteiger charge is -1.94. The van der Waals surface area contributed by atoms with Crippen molar-refractivity contribution in [1.82, 2.24) is 0 Å². The molecular weight excluding hydrogens is 144 g/mol. The molecule has 0 aromatic heterocycles. The highest BCUT2D eigenvalue weighted by Gasteiger charge is 1.84. The zero-order valence-corrected chi connectivity index (χ0v) is 7.27. The van der Waals surface area contributed by atoms with Gasteiger partial charge in [0.15, 0.2) is 0 Å². The number of hydrogen-bond acceptors (Lipinski definition) is 3. The number of rotatable bonds is 4. The maximum Gasteiger partial charge on any atom is 0.0555 e. The zero-order valence-electron chi connectivity index (χ0n) is 6.45. The molecule has 0 aromatic carbocycles. The van der Waals surface area contributed by atoms with Gasteiger partial charge in [-0.15, -0.1) is 0 Å². The SMILES string of the molecule is CC(C)C/C=C\C=N/SN. The van der Waals surface area contributed by atoms with Crippen molar-refractivity contribution in [3.8, 4) is 0 Å². The summed E-state index contributed by atoms with van der Waals surface area (Å²) in [6, 6.07) is 0. The molecule has 0 fully saturated rings. The molecule has 2 nitrogen and oxygen atoms in total. The molecule has 0 radical (unpaired) electrons. The van der Waals surface area contributed by atoms with Gasteiger partial charge in [0.25, 0.3) is 0 Å². The van der Waals surface area contributed by atoms with Crippen molar-refractivity contribution in [3.05, 3.63) is 12.2 Å². The van der Waals surface area contributed by atoms with Gasteiger partial charge in [-0.25, -0.2) is 4.40 Å². The topological polar surface area (TPSA) is 38.4 Å². The summed E-state index contributed by atoms with van der Waals surface area (Å²) >= 11 is 0.979. The van der Waals surface area contributed by atoms with E-state index in [4.69, 9.17) is 5.14 Å². The Morgan fingerprint density at radius 2 is 2.30 bits per heavy atom. The predicted molar refractivity (Wildman–Crippen MR) is 48.9 cm³/mol. The Bertz CT molecular complexity index is 119.